The molecule has 0 aliphatic rings. The van der Waals surface area contributed by atoms with Gasteiger partial charge in [-0.15, -0.1) is 0 Å². The van der Waals surface area contributed by atoms with Crippen LogP contribution in [0.3, 0.4) is 0 Å². The van der Waals surface area contributed by atoms with Crippen LogP contribution in [0.1, 0.15) is 19.4 Å². The van der Waals surface area contributed by atoms with Crippen LogP contribution < -0.4 is 9.47 Å². The molecule has 0 saturated carbocycles. The molecule has 0 unspecified atom stereocenters. The van der Waals surface area contributed by atoms with Crippen LogP contribution in [-0.4, -0.2) is 20.3 Å². The van der Waals surface area contributed by atoms with Crippen molar-refractivity contribution in [3.8, 4) is 22.6 Å². The molecule has 0 heterocycles. The van der Waals surface area contributed by atoms with Crippen LogP contribution >= 0.6 is 0 Å². The van der Waals surface area contributed by atoms with Gasteiger partial charge in [0.05, 0.1) is 26.9 Å². The number of ether oxygens (including phenoxy) is 3. The van der Waals surface area contributed by atoms with Crippen LogP contribution in [-0.2, 0) is 11.3 Å². The number of methoxy groups -OCH3 is 2. The average molecular weight is 286 g/mol. The van der Waals surface area contributed by atoms with Gasteiger partial charge in [0.25, 0.3) is 0 Å². The van der Waals surface area contributed by atoms with Crippen LogP contribution in [0.2, 0.25) is 0 Å². The van der Waals surface area contributed by atoms with Crippen molar-refractivity contribution in [1.29, 1.82) is 0 Å². The lowest BCUT2D eigenvalue weighted by Crippen LogP contribution is -2.01. The van der Waals surface area contributed by atoms with Crippen molar-refractivity contribution in [2.75, 3.05) is 14.2 Å². The minimum atomic E-state index is 0.243. The molecule has 0 saturated heterocycles. The lowest BCUT2D eigenvalue weighted by atomic mass is 10.0. The summed E-state index contributed by atoms with van der Waals surface area (Å²) in [6, 6.07) is 14.2. The Labute approximate surface area is 126 Å². The Kier molecular flexibility index (Phi) is 5.23. The lowest BCUT2D eigenvalue weighted by molar-refractivity contribution is 0.0657. The van der Waals surface area contributed by atoms with Gasteiger partial charge in [0.1, 0.15) is 11.5 Å². The molecular weight excluding hydrogens is 264 g/mol. The highest BCUT2D eigenvalue weighted by Gasteiger charge is 2.05. The Hall–Kier alpha value is -2.00. The molecule has 0 aliphatic carbocycles. The van der Waals surface area contributed by atoms with Gasteiger partial charge in [-0.05, 0) is 42.7 Å². The van der Waals surface area contributed by atoms with E-state index >= 15 is 0 Å². The third kappa shape index (κ3) is 4.23. The first-order chi connectivity index (χ1) is 10.1. The minimum Gasteiger partial charge on any atom is -0.497 e. The summed E-state index contributed by atoms with van der Waals surface area (Å²) in [5, 5.41) is 0. The van der Waals surface area contributed by atoms with Gasteiger partial charge in [-0.2, -0.15) is 0 Å². The molecule has 0 N–H and O–H groups in total. The highest BCUT2D eigenvalue weighted by Crippen LogP contribution is 2.29. The van der Waals surface area contributed by atoms with Crippen LogP contribution in [0.15, 0.2) is 42.5 Å². The van der Waals surface area contributed by atoms with Gasteiger partial charge in [-0.1, -0.05) is 24.3 Å². The predicted octanol–water partition coefficient (Wildman–Crippen LogP) is 4.30. The molecule has 0 bridgehead atoms. The molecule has 0 radical (unpaired) electrons. The highest BCUT2D eigenvalue weighted by atomic mass is 16.5. The second-order valence-corrected chi connectivity index (χ2v) is 5.16. The summed E-state index contributed by atoms with van der Waals surface area (Å²) in [6.45, 7) is 4.72. The monoisotopic (exact) mass is 286 g/mol. The molecule has 0 spiro atoms. The first-order valence-electron chi connectivity index (χ1n) is 7.06. The van der Waals surface area contributed by atoms with Gasteiger partial charge in [0.2, 0.25) is 0 Å². The lowest BCUT2D eigenvalue weighted by Gasteiger charge is -2.10. The maximum absolute atomic E-state index is 5.61. The third-order valence-corrected chi connectivity index (χ3v) is 3.22. The second-order valence-electron chi connectivity index (χ2n) is 5.16. The molecule has 0 amide bonds. The molecule has 0 aliphatic heterocycles. The molecule has 0 fully saturated rings. The standard InChI is InChI=1S/C18H22O3/c1-13(2)21-12-14-5-7-15(8-6-14)16-9-17(19-3)11-18(10-16)20-4/h5-11,13H,12H2,1-4H3. The molecule has 0 atom stereocenters. The molecule has 0 aromatic heterocycles. The van der Waals surface area contributed by atoms with E-state index < -0.39 is 0 Å². The van der Waals surface area contributed by atoms with Crippen LogP contribution in [0, 0.1) is 0 Å². The van der Waals surface area contributed by atoms with Gasteiger partial charge in [-0.3, -0.25) is 0 Å². The van der Waals surface area contributed by atoms with E-state index in [2.05, 4.69) is 24.3 Å². The number of rotatable bonds is 6. The minimum absolute atomic E-state index is 0.243. The summed E-state index contributed by atoms with van der Waals surface area (Å²) >= 11 is 0. The molecule has 3 nitrogen and oxygen atoms in total. The first kappa shape index (κ1) is 15.4. The van der Waals surface area contributed by atoms with Crippen LogP contribution in [0.5, 0.6) is 11.5 Å². The Balaban J connectivity index is 2.21. The molecule has 2 rings (SSSR count). The molecular formula is C18H22O3. The Morgan fingerprint density at radius 2 is 1.38 bits per heavy atom. The highest BCUT2D eigenvalue weighted by molar-refractivity contribution is 5.67. The van der Waals surface area contributed by atoms with E-state index in [-0.39, 0.29) is 6.10 Å². The maximum Gasteiger partial charge on any atom is 0.123 e. The topological polar surface area (TPSA) is 27.7 Å². The van der Waals surface area contributed by atoms with Crippen molar-refractivity contribution in [3.05, 3.63) is 48.0 Å². The summed E-state index contributed by atoms with van der Waals surface area (Å²) < 4.78 is 16.2. The molecule has 3 heteroatoms. The van der Waals surface area contributed by atoms with E-state index in [4.69, 9.17) is 14.2 Å². The molecule has 2 aromatic carbocycles. The predicted molar refractivity (Wildman–Crippen MR) is 84.9 cm³/mol. The average Bonchev–Trinajstić information content (AvgIpc) is 2.52. The van der Waals surface area contributed by atoms with E-state index in [9.17, 15) is 0 Å². The van der Waals surface area contributed by atoms with Crippen molar-refractivity contribution in [3.63, 3.8) is 0 Å². The Bertz CT molecular complexity index is 551. The Morgan fingerprint density at radius 1 is 0.810 bits per heavy atom. The van der Waals surface area contributed by atoms with E-state index in [0.717, 1.165) is 22.6 Å². The molecule has 21 heavy (non-hydrogen) atoms. The maximum atomic E-state index is 5.61. The van der Waals surface area contributed by atoms with Crippen molar-refractivity contribution in [1.82, 2.24) is 0 Å². The first-order valence-corrected chi connectivity index (χ1v) is 7.06. The van der Waals surface area contributed by atoms with Gasteiger partial charge in [0.15, 0.2) is 0 Å². The quantitative estimate of drug-likeness (QED) is 0.792. The number of hydrogen-bond donors (Lipinski definition) is 0. The van der Waals surface area contributed by atoms with Crippen molar-refractivity contribution in [2.45, 2.75) is 26.6 Å². The largest absolute Gasteiger partial charge is 0.497 e. The fraction of sp³-hybridized carbons (Fsp3) is 0.333. The zero-order valence-electron chi connectivity index (χ0n) is 13.1. The van der Waals surface area contributed by atoms with Crippen LogP contribution in [0.25, 0.3) is 11.1 Å². The summed E-state index contributed by atoms with van der Waals surface area (Å²) in [5.74, 6) is 1.58. The summed E-state index contributed by atoms with van der Waals surface area (Å²) in [5.41, 5.74) is 3.37. The van der Waals surface area contributed by atoms with Gasteiger partial charge < -0.3 is 14.2 Å². The normalized spacial score (nSPS) is 10.7. The molecule has 112 valence electrons. The van der Waals surface area contributed by atoms with E-state index in [1.54, 1.807) is 14.2 Å². The van der Waals surface area contributed by atoms with Crippen molar-refractivity contribution < 1.29 is 14.2 Å². The zero-order chi connectivity index (χ0) is 15.2. The summed E-state index contributed by atoms with van der Waals surface area (Å²) in [4.78, 5) is 0. The van der Waals surface area contributed by atoms with Gasteiger partial charge in [0, 0.05) is 6.07 Å². The summed E-state index contributed by atoms with van der Waals surface area (Å²) in [6.07, 6.45) is 0.243. The smallest absolute Gasteiger partial charge is 0.123 e. The van der Waals surface area contributed by atoms with E-state index in [1.807, 2.05) is 32.0 Å². The second kappa shape index (κ2) is 7.14. The Morgan fingerprint density at radius 3 is 1.86 bits per heavy atom. The van der Waals surface area contributed by atoms with Crippen molar-refractivity contribution >= 4 is 0 Å². The summed E-state index contributed by atoms with van der Waals surface area (Å²) in [7, 11) is 3.32. The van der Waals surface area contributed by atoms with Gasteiger partial charge >= 0.3 is 0 Å². The fourth-order valence-electron chi connectivity index (χ4n) is 2.03. The van der Waals surface area contributed by atoms with Crippen LogP contribution in [0.4, 0.5) is 0 Å². The fourth-order valence-corrected chi connectivity index (χ4v) is 2.03. The number of benzene rings is 2. The van der Waals surface area contributed by atoms with Gasteiger partial charge in [-0.25, -0.2) is 0 Å². The number of hydrogen-bond acceptors (Lipinski definition) is 3. The SMILES string of the molecule is COc1cc(OC)cc(-c2ccc(COC(C)C)cc2)c1. The third-order valence-electron chi connectivity index (χ3n) is 3.22. The van der Waals surface area contributed by atoms with E-state index in [1.165, 1.54) is 5.56 Å². The van der Waals surface area contributed by atoms with Crippen molar-refractivity contribution in [2.24, 2.45) is 0 Å². The van der Waals surface area contributed by atoms with E-state index in [0.29, 0.717) is 6.61 Å². The molecule has 2 aromatic rings. The zero-order valence-corrected chi connectivity index (χ0v) is 13.1.